The standard InChI is InChI=1S/C15H19N3O4/c1-2-9(16)13(19)12(14(17)20)18-10-6-4-3-5-8(10)7-11(18)15(21)22/h3-6,9,11-12H,2,7,16H2,1H3,(H2,17,20)(H,21,22). The molecule has 0 bridgehead atoms. The van der Waals surface area contributed by atoms with Crippen molar-refractivity contribution in [3.8, 4) is 0 Å². The second-order valence-electron chi connectivity index (χ2n) is 5.32. The number of nitrogens with two attached hydrogens (primary N) is 2. The van der Waals surface area contributed by atoms with Gasteiger partial charge in [0.05, 0.1) is 6.04 Å². The lowest BCUT2D eigenvalue weighted by Gasteiger charge is -2.32. The summed E-state index contributed by atoms with van der Waals surface area (Å²) in [5, 5.41) is 9.43. The SMILES string of the molecule is CCC(N)C(=O)C(C(N)=O)N1c2ccccc2CC1C(=O)O. The number of nitrogens with zero attached hydrogens (tertiary/aromatic N) is 1. The first kappa shape index (κ1) is 16.0. The van der Waals surface area contributed by atoms with E-state index in [4.69, 9.17) is 11.5 Å². The van der Waals surface area contributed by atoms with Gasteiger partial charge in [-0.1, -0.05) is 25.1 Å². The third-order valence-electron chi connectivity index (χ3n) is 3.93. The van der Waals surface area contributed by atoms with Crippen molar-refractivity contribution < 1.29 is 19.5 Å². The lowest BCUT2D eigenvalue weighted by molar-refractivity contribution is -0.138. The van der Waals surface area contributed by atoms with Gasteiger partial charge >= 0.3 is 5.97 Å². The average molecular weight is 305 g/mol. The van der Waals surface area contributed by atoms with Crippen molar-refractivity contribution in [2.75, 3.05) is 4.90 Å². The van der Waals surface area contributed by atoms with Crippen molar-refractivity contribution in [1.82, 2.24) is 0 Å². The predicted molar refractivity (Wildman–Crippen MR) is 80.3 cm³/mol. The summed E-state index contributed by atoms with van der Waals surface area (Å²) in [6.07, 6.45) is 0.555. The van der Waals surface area contributed by atoms with Crippen molar-refractivity contribution >= 4 is 23.3 Å². The van der Waals surface area contributed by atoms with Crippen molar-refractivity contribution in [3.63, 3.8) is 0 Å². The molecule has 1 aliphatic heterocycles. The van der Waals surface area contributed by atoms with E-state index in [-0.39, 0.29) is 6.42 Å². The van der Waals surface area contributed by atoms with Crippen LogP contribution in [0.5, 0.6) is 0 Å². The fourth-order valence-corrected chi connectivity index (χ4v) is 2.75. The van der Waals surface area contributed by atoms with E-state index in [1.165, 1.54) is 4.90 Å². The molecule has 1 aromatic carbocycles. The van der Waals surface area contributed by atoms with Gasteiger partial charge in [-0.25, -0.2) is 4.79 Å². The first-order valence-electron chi connectivity index (χ1n) is 7.06. The van der Waals surface area contributed by atoms with E-state index in [0.717, 1.165) is 5.56 Å². The van der Waals surface area contributed by atoms with Crippen LogP contribution in [0, 0.1) is 0 Å². The minimum atomic E-state index is -1.38. The molecule has 0 aromatic heterocycles. The number of carbonyl (C=O) groups is 3. The first-order valence-corrected chi connectivity index (χ1v) is 7.06. The molecule has 118 valence electrons. The number of aliphatic carboxylic acids is 1. The molecule has 1 aliphatic rings. The van der Waals surface area contributed by atoms with Gasteiger partial charge in [0, 0.05) is 12.1 Å². The van der Waals surface area contributed by atoms with Gasteiger partial charge in [-0.05, 0) is 18.1 Å². The Morgan fingerprint density at radius 2 is 2.00 bits per heavy atom. The lowest BCUT2D eigenvalue weighted by atomic mass is 10.0. The van der Waals surface area contributed by atoms with Crippen LogP contribution in [0.15, 0.2) is 24.3 Å². The van der Waals surface area contributed by atoms with E-state index in [9.17, 15) is 19.5 Å². The number of hydrogen-bond acceptors (Lipinski definition) is 5. The molecule has 7 heteroatoms. The Labute approximate surface area is 127 Å². The van der Waals surface area contributed by atoms with Crippen molar-refractivity contribution in [1.29, 1.82) is 0 Å². The Balaban J connectivity index is 2.50. The monoisotopic (exact) mass is 305 g/mol. The molecule has 22 heavy (non-hydrogen) atoms. The van der Waals surface area contributed by atoms with Crippen molar-refractivity contribution in [2.24, 2.45) is 11.5 Å². The Bertz CT molecular complexity index is 617. The predicted octanol–water partition coefficient (Wildman–Crippen LogP) is -0.337. The molecule has 3 unspecified atom stereocenters. The Hall–Kier alpha value is -2.41. The molecule has 2 rings (SSSR count). The normalized spacial score (nSPS) is 19.4. The number of hydrogen-bond donors (Lipinski definition) is 3. The molecule has 1 heterocycles. The zero-order valence-corrected chi connectivity index (χ0v) is 12.2. The van der Waals surface area contributed by atoms with E-state index < -0.39 is 35.8 Å². The zero-order chi connectivity index (χ0) is 16.4. The summed E-state index contributed by atoms with van der Waals surface area (Å²) in [5.74, 6) is -2.56. The smallest absolute Gasteiger partial charge is 0.326 e. The highest BCUT2D eigenvalue weighted by Crippen LogP contribution is 2.34. The number of fused-ring (bicyclic) bond motifs is 1. The highest BCUT2D eigenvalue weighted by molar-refractivity contribution is 6.11. The number of para-hydroxylation sites is 1. The van der Waals surface area contributed by atoms with Gasteiger partial charge in [-0.2, -0.15) is 0 Å². The molecule has 1 aromatic rings. The zero-order valence-electron chi connectivity index (χ0n) is 12.2. The third-order valence-corrected chi connectivity index (χ3v) is 3.93. The van der Waals surface area contributed by atoms with Crippen LogP contribution < -0.4 is 16.4 Å². The van der Waals surface area contributed by atoms with E-state index >= 15 is 0 Å². The molecule has 5 N–H and O–H groups in total. The topological polar surface area (TPSA) is 127 Å². The summed E-state index contributed by atoms with van der Waals surface area (Å²) in [4.78, 5) is 37.1. The summed E-state index contributed by atoms with van der Waals surface area (Å²) >= 11 is 0. The van der Waals surface area contributed by atoms with Crippen LogP contribution in [0.3, 0.4) is 0 Å². The third kappa shape index (κ3) is 2.67. The van der Waals surface area contributed by atoms with E-state index in [1.807, 2.05) is 0 Å². The minimum Gasteiger partial charge on any atom is -0.480 e. The van der Waals surface area contributed by atoms with Crippen LogP contribution in [0.25, 0.3) is 0 Å². The molecule has 0 aliphatic carbocycles. The van der Waals surface area contributed by atoms with Crippen LogP contribution in [-0.2, 0) is 20.8 Å². The van der Waals surface area contributed by atoms with Gasteiger partial charge in [0.25, 0.3) is 0 Å². The van der Waals surface area contributed by atoms with Gasteiger partial charge in [0.15, 0.2) is 11.8 Å². The number of primary amides is 1. The van der Waals surface area contributed by atoms with E-state index in [2.05, 4.69) is 0 Å². The number of rotatable bonds is 6. The van der Waals surface area contributed by atoms with Crippen LogP contribution in [0.1, 0.15) is 18.9 Å². The van der Waals surface area contributed by atoms with E-state index in [0.29, 0.717) is 12.1 Å². The molecule has 0 saturated heterocycles. The molecule has 0 radical (unpaired) electrons. The van der Waals surface area contributed by atoms with Gasteiger partial charge < -0.3 is 21.5 Å². The Kier molecular flexibility index (Phi) is 4.46. The molecule has 0 fully saturated rings. The molecule has 1 amide bonds. The maximum atomic E-state index is 12.4. The Morgan fingerprint density at radius 1 is 1.36 bits per heavy atom. The fraction of sp³-hybridized carbons (Fsp3) is 0.400. The molecular weight excluding hydrogens is 286 g/mol. The number of ketones is 1. The summed E-state index contributed by atoms with van der Waals surface area (Å²) < 4.78 is 0. The highest BCUT2D eigenvalue weighted by atomic mass is 16.4. The van der Waals surface area contributed by atoms with Crippen LogP contribution in [-0.4, -0.2) is 40.9 Å². The number of carboxylic acids is 1. The quantitative estimate of drug-likeness (QED) is 0.617. The molecule has 7 nitrogen and oxygen atoms in total. The largest absolute Gasteiger partial charge is 0.480 e. The molecule has 3 atom stereocenters. The van der Waals surface area contributed by atoms with Gasteiger partial charge in [0.2, 0.25) is 5.91 Å². The van der Waals surface area contributed by atoms with Gasteiger partial charge in [0.1, 0.15) is 6.04 Å². The summed E-state index contributed by atoms with van der Waals surface area (Å²) in [7, 11) is 0. The van der Waals surface area contributed by atoms with Gasteiger partial charge in [-0.3, -0.25) is 9.59 Å². The number of anilines is 1. The number of amides is 1. The van der Waals surface area contributed by atoms with Crippen molar-refractivity contribution in [3.05, 3.63) is 29.8 Å². The maximum Gasteiger partial charge on any atom is 0.326 e. The number of Topliss-reactive ketones (excluding diaryl/α,β-unsaturated/α-hetero) is 1. The van der Waals surface area contributed by atoms with Crippen LogP contribution >= 0.6 is 0 Å². The van der Waals surface area contributed by atoms with E-state index in [1.54, 1.807) is 31.2 Å². The first-order chi connectivity index (χ1) is 10.4. The summed E-state index contributed by atoms with van der Waals surface area (Å²) in [6, 6.07) is 3.70. The van der Waals surface area contributed by atoms with Crippen LogP contribution in [0.4, 0.5) is 5.69 Å². The maximum absolute atomic E-state index is 12.4. The summed E-state index contributed by atoms with van der Waals surface area (Å²) in [5.41, 5.74) is 12.4. The molecule has 0 spiro atoms. The second-order valence-corrected chi connectivity index (χ2v) is 5.32. The lowest BCUT2D eigenvalue weighted by Crippen LogP contribution is -2.58. The molecule has 0 saturated carbocycles. The van der Waals surface area contributed by atoms with Crippen LogP contribution in [0.2, 0.25) is 0 Å². The average Bonchev–Trinajstić information content (AvgIpc) is 2.86. The molecular formula is C15H19N3O4. The van der Waals surface area contributed by atoms with Crippen molar-refractivity contribution in [2.45, 2.75) is 37.9 Å². The minimum absolute atomic E-state index is 0.212. The Morgan fingerprint density at radius 3 is 2.55 bits per heavy atom. The fourth-order valence-electron chi connectivity index (χ4n) is 2.75. The summed E-state index contributed by atoms with van der Waals surface area (Å²) in [6.45, 7) is 1.72. The number of benzene rings is 1. The highest BCUT2D eigenvalue weighted by Gasteiger charge is 2.44. The second kappa shape index (κ2) is 6.15. The van der Waals surface area contributed by atoms with Gasteiger partial charge in [-0.15, -0.1) is 0 Å². The number of carbonyl (C=O) groups excluding carboxylic acids is 2. The number of carboxylic acid groups (broad SMARTS) is 1.